The predicted molar refractivity (Wildman–Crippen MR) is 133 cm³/mol. The number of allylic oxidation sites excluding steroid dienone is 4. The Morgan fingerprint density at radius 1 is 1.12 bits per heavy atom. The van der Waals surface area contributed by atoms with Crippen LogP contribution in [-0.4, -0.2) is 19.4 Å². The minimum Gasteiger partial charge on any atom is -0.318 e. The Morgan fingerprint density at radius 3 is 2.16 bits per heavy atom. The highest BCUT2D eigenvalue weighted by atomic mass is 19.1. The van der Waals surface area contributed by atoms with Gasteiger partial charge >= 0.3 is 0 Å². The molecule has 0 bridgehead atoms. The lowest BCUT2D eigenvalue weighted by atomic mass is 9.80. The molecule has 0 spiro atoms. The van der Waals surface area contributed by atoms with Crippen molar-refractivity contribution in [3.05, 3.63) is 71.4 Å². The molecule has 0 aromatic heterocycles. The first-order valence-electron chi connectivity index (χ1n) is 11.7. The van der Waals surface area contributed by atoms with Gasteiger partial charge in [0.05, 0.1) is 5.54 Å². The molecule has 1 aromatic rings. The lowest BCUT2D eigenvalue weighted by Gasteiger charge is -2.31. The van der Waals surface area contributed by atoms with E-state index in [2.05, 4.69) is 12.2 Å². The van der Waals surface area contributed by atoms with Crippen LogP contribution in [0.25, 0.3) is 0 Å². The van der Waals surface area contributed by atoms with Crippen LogP contribution >= 0.6 is 0 Å². The normalized spacial score (nSPS) is 20.4. The molecule has 32 heavy (non-hydrogen) atoms. The van der Waals surface area contributed by atoms with Crippen molar-refractivity contribution in [3.63, 3.8) is 0 Å². The van der Waals surface area contributed by atoms with Gasteiger partial charge < -0.3 is 15.8 Å². The number of carbonyl (C=O) groups excluding carboxylic acids is 1. The largest absolute Gasteiger partial charge is 0.318 e. The Balaban J connectivity index is 0.000000661. The summed E-state index contributed by atoms with van der Waals surface area (Å²) in [4.78, 5) is 8.81. The van der Waals surface area contributed by atoms with E-state index in [9.17, 15) is 8.78 Å². The second-order valence-corrected chi connectivity index (χ2v) is 7.65. The SMILES string of the molecule is CC.CC1CCNCC1.CC=O.CCC(N)(C1=CC/C=C(/F)C/C=C\1)c1ccc(F)cc1. The molecule has 5 heteroatoms. The average molecular weight is 449 g/mol. The number of hydrogen-bond acceptors (Lipinski definition) is 3. The van der Waals surface area contributed by atoms with E-state index < -0.39 is 5.54 Å². The number of nitrogens with two attached hydrogens (primary N) is 1. The lowest BCUT2D eigenvalue weighted by Crippen LogP contribution is -2.37. The summed E-state index contributed by atoms with van der Waals surface area (Å²) < 4.78 is 26.3. The maximum absolute atomic E-state index is 13.2. The molecule has 1 unspecified atom stereocenters. The minimum atomic E-state index is -0.675. The number of aldehydes is 1. The number of benzene rings is 1. The fourth-order valence-electron chi connectivity index (χ4n) is 3.38. The van der Waals surface area contributed by atoms with Gasteiger partial charge in [-0.1, -0.05) is 58.1 Å². The minimum absolute atomic E-state index is 0.127. The van der Waals surface area contributed by atoms with Crippen LogP contribution in [-0.2, 0) is 10.3 Å². The van der Waals surface area contributed by atoms with Crippen molar-refractivity contribution in [1.29, 1.82) is 0 Å². The van der Waals surface area contributed by atoms with Crippen LogP contribution in [0.1, 0.15) is 72.3 Å². The van der Waals surface area contributed by atoms with Gasteiger partial charge in [0.2, 0.25) is 0 Å². The smallest absolute Gasteiger partial charge is 0.123 e. The molecule has 1 fully saturated rings. The van der Waals surface area contributed by atoms with Gasteiger partial charge in [0.1, 0.15) is 17.9 Å². The third-order valence-corrected chi connectivity index (χ3v) is 5.35. The van der Waals surface area contributed by atoms with Crippen LogP contribution in [0.2, 0.25) is 0 Å². The molecule has 2 aliphatic rings. The third-order valence-electron chi connectivity index (χ3n) is 5.35. The van der Waals surface area contributed by atoms with E-state index in [1.54, 1.807) is 24.3 Å². The molecule has 0 amide bonds. The standard InChI is InChI=1S/C17H19F2N.C6H13N.C2H4O.C2H6/c1-2-17(20,14-9-11-16(19)12-10-14)13-5-3-7-15(18)8-4-6-13;1-6-2-4-7-5-3-6;1-2-3;1-2/h3,5-6,8-12H,2,4,7,20H2,1H3;6-7H,2-5H2,1H3;2H,1H3;1-2H3/b5-3-,13-6?,15-8+;;;. The van der Waals surface area contributed by atoms with Crippen molar-refractivity contribution in [3.8, 4) is 0 Å². The lowest BCUT2D eigenvalue weighted by molar-refractivity contribution is -0.106. The number of piperidine rings is 1. The summed E-state index contributed by atoms with van der Waals surface area (Å²) >= 11 is 0. The molecule has 0 radical (unpaired) electrons. The molecule has 3 nitrogen and oxygen atoms in total. The molecule has 0 saturated carbocycles. The molecule has 3 N–H and O–H groups in total. The zero-order valence-corrected chi connectivity index (χ0v) is 20.5. The van der Waals surface area contributed by atoms with E-state index >= 15 is 0 Å². The number of halogens is 2. The maximum Gasteiger partial charge on any atom is 0.123 e. The Hall–Kier alpha value is -2.11. The van der Waals surface area contributed by atoms with E-state index in [0.29, 0.717) is 19.3 Å². The number of rotatable bonds is 3. The summed E-state index contributed by atoms with van der Waals surface area (Å²) in [6.07, 6.45) is 12.1. The van der Waals surface area contributed by atoms with Crippen molar-refractivity contribution >= 4 is 6.29 Å². The average Bonchev–Trinajstić information content (AvgIpc) is 2.79. The molecule has 180 valence electrons. The highest BCUT2D eigenvalue weighted by molar-refractivity contribution is 5.44. The summed E-state index contributed by atoms with van der Waals surface area (Å²) in [7, 11) is 0. The van der Waals surface area contributed by atoms with Gasteiger partial charge in [0.25, 0.3) is 0 Å². The molecule has 1 aliphatic carbocycles. The first-order valence-corrected chi connectivity index (χ1v) is 11.7. The van der Waals surface area contributed by atoms with Crippen LogP contribution in [0.4, 0.5) is 8.78 Å². The molecule has 1 heterocycles. The Labute approximate surface area is 193 Å². The second kappa shape index (κ2) is 17.4. The monoisotopic (exact) mass is 448 g/mol. The van der Waals surface area contributed by atoms with Crippen molar-refractivity contribution < 1.29 is 13.6 Å². The molecular weight excluding hydrogens is 406 g/mol. The zero-order chi connectivity index (χ0) is 24.4. The fourth-order valence-corrected chi connectivity index (χ4v) is 3.38. The number of carbonyl (C=O) groups is 1. The summed E-state index contributed by atoms with van der Waals surface area (Å²) in [6, 6.07) is 6.25. The van der Waals surface area contributed by atoms with Crippen molar-refractivity contribution in [2.45, 2.75) is 72.3 Å². The van der Waals surface area contributed by atoms with E-state index in [4.69, 9.17) is 10.5 Å². The molecule has 3 rings (SSSR count). The van der Waals surface area contributed by atoms with Gasteiger partial charge in [0, 0.05) is 6.42 Å². The van der Waals surface area contributed by atoms with E-state index in [1.165, 1.54) is 45.0 Å². The van der Waals surface area contributed by atoms with E-state index in [-0.39, 0.29) is 11.6 Å². The first-order chi connectivity index (χ1) is 15.4. The van der Waals surface area contributed by atoms with Gasteiger partial charge in [-0.2, -0.15) is 0 Å². The van der Waals surface area contributed by atoms with Crippen LogP contribution in [0, 0.1) is 11.7 Å². The molecule has 1 saturated heterocycles. The van der Waals surface area contributed by atoms with Gasteiger partial charge in [-0.3, -0.25) is 0 Å². The summed E-state index contributed by atoms with van der Waals surface area (Å²) in [5.41, 5.74) is 7.67. The van der Waals surface area contributed by atoms with Gasteiger partial charge in [-0.15, -0.1) is 0 Å². The molecule has 1 aliphatic heterocycles. The molecular formula is C27H42F2N2O. The Kier molecular flexibility index (Phi) is 16.3. The number of hydrogen-bond donors (Lipinski definition) is 2. The van der Waals surface area contributed by atoms with E-state index in [1.807, 2.05) is 32.9 Å². The van der Waals surface area contributed by atoms with Crippen LogP contribution < -0.4 is 11.1 Å². The van der Waals surface area contributed by atoms with Gasteiger partial charge in [-0.25, -0.2) is 8.78 Å². The summed E-state index contributed by atoms with van der Waals surface area (Å²) in [5, 5.41) is 3.32. The summed E-state index contributed by atoms with van der Waals surface area (Å²) in [6.45, 7) is 12.2. The van der Waals surface area contributed by atoms with Gasteiger partial charge in [0.15, 0.2) is 0 Å². The predicted octanol–water partition coefficient (Wildman–Crippen LogP) is 6.76. The first kappa shape index (κ1) is 29.9. The van der Waals surface area contributed by atoms with Crippen molar-refractivity contribution in [2.75, 3.05) is 13.1 Å². The van der Waals surface area contributed by atoms with Crippen LogP contribution in [0.5, 0.6) is 0 Å². The fraction of sp³-hybridized carbons (Fsp3) is 0.519. The van der Waals surface area contributed by atoms with Crippen LogP contribution in [0.15, 0.2) is 60.0 Å². The van der Waals surface area contributed by atoms with E-state index in [0.717, 1.165) is 23.3 Å². The summed E-state index contributed by atoms with van der Waals surface area (Å²) in [5.74, 6) is 0.568. The maximum atomic E-state index is 13.2. The second-order valence-electron chi connectivity index (χ2n) is 7.65. The Morgan fingerprint density at radius 2 is 1.69 bits per heavy atom. The quantitative estimate of drug-likeness (QED) is 0.503. The van der Waals surface area contributed by atoms with Gasteiger partial charge in [-0.05, 0) is 81.0 Å². The van der Waals surface area contributed by atoms with Crippen molar-refractivity contribution in [1.82, 2.24) is 5.32 Å². The molecule has 1 atom stereocenters. The zero-order valence-electron chi connectivity index (χ0n) is 20.5. The molecule has 1 aromatic carbocycles. The topological polar surface area (TPSA) is 55.1 Å². The highest BCUT2D eigenvalue weighted by Gasteiger charge is 2.28. The van der Waals surface area contributed by atoms with Crippen molar-refractivity contribution in [2.24, 2.45) is 11.7 Å². The highest BCUT2D eigenvalue weighted by Crippen LogP contribution is 2.32. The van der Waals surface area contributed by atoms with Crippen LogP contribution in [0.3, 0.4) is 0 Å². The Bertz CT molecular complexity index is 720. The number of nitrogens with one attached hydrogen (secondary N) is 1. The third kappa shape index (κ3) is 11.0.